The van der Waals surface area contributed by atoms with Gasteiger partial charge in [-0.15, -0.1) is 0 Å². The van der Waals surface area contributed by atoms with E-state index in [-0.39, 0.29) is 12.0 Å². The van der Waals surface area contributed by atoms with Gasteiger partial charge in [-0.3, -0.25) is 0 Å². The maximum Gasteiger partial charge on any atom is 0.0513 e. The van der Waals surface area contributed by atoms with Crippen LogP contribution in [0.2, 0.25) is 0 Å². The first-order valence-electron chi connectivity index (χ1n) is 3.72. The van der Waals surface area contributed by atoms with E-state index in [9.17, 15) is 0 Å². The third-order valence-corrected chi connectivity index (χ3v) is 1.55. The highest BCUT2D eigenvalue weighted by atomic mass is 16.5. The van der Waals surface area contributed by atoms with Crippen molar-refractivity contribution in [3.63, 3.8) is 0 Å². The molecule has 2 nitrogen and oxygen atoms in total. The monoisotopic (exact) mass is 146 g/mol. The molecule has 0 spiro atoms. The lowest BCUT2D eigenvalue weighted by molar-refractivity contribution is 0.0920. The third kappa shape index (κ3) is 4.77. The average Bonchev–Trinajstić information content (AvgIpc) is 1.84. The lowest BCUT2D eigenvalue weighted by Crippen LogP contribution is -2.18. The zero-order valence-corrected chi connectivity index (χ0v) is 7.18. The molecule has 1 N–H and O–H groups in total. The van der Waals surface area contributed by atoms with Crippen molar-refractivity contribution < 1.29 is 9.84 Å². The molecule has 0 atom stereocenters. The summed E-state index contributed by atoms with van der Waals surface area (Å²) in [7, 11) is 1.71. The Morgan fingerprint density at radius 2 is 2.00 bits per heavy atom. The molecule has 0 aromatic carbocycles. The lowest BCUT2D eigenvalue weighted by Gasteiger charge is -2.22. The van der Waals surface area contributed by atoms with Crippen molar-refractivity contribution in [3.05, 3.63) is 0 Å². The molecule has 0 bridgehead atoms. The highest BCUT2D eigenvalue weighted by Crippen LogP contribution is 2.21. The Labute approximate surface area is 63.2 Å². The quantitative estimate of drug-likeness (QED) is 0.635. The van der Waals surface area contributed by atoms with E-state index in [4.69, 9.17) is 9.84 Å². The SMILES string of the molecule is COCC(C)(C)CCCO. The number of hydrogen-bond donors (Lipinski definition) is 1. The molecule has 0 saturated carbocycles. The van der Waals surface area contributed by atoms with Gasteiger partial charge < -0.3 is 9.84 Å². The van der Waals surface area contributed by atoms with E-state index in [0.717, 1.165) is 19.4 Å². The second-order valence-corrected chi connectivity index (χ2v) is 3.42. The number of methoxy groups -OCH3 is 1. The molecule has 10 heavy (non-hydrogen) atoms. The van der Waals surface area contributed by atoms with Gasteiger partial charge in [0.2, 0.25) is 0 Å². The van der Waals surface area contributed by atoms with E-state index in [1.54, 1.807) is 7.11 Å². The van der Waals surface area contributed by atoms with Crippen molar-refractivity contribution in [1.29, 1.82) is 0 Å². The summed E-state index contributed by atoms with van der Waals surface area (Å²) >= 11 is 0. The summed E-state index contributed by atoms with van der Waals surface area (Å²) in [5.41, 5.74) is 0.220. The van der Waals surface area contributed by atoms with Gasteiger partial charge in [-0.05, 0) is 18.3 Å². The first-order chi connectivity index (χ1) is 4.62. The predicted octanol–water partition coefficient (Wildman–Crippen LogP) is 1.43. The summed E-state index contributed by atoms with van der Waals surface area (Å²) in [5.74, 6) is 0. The molecule has 0 aliphatic carbocycles. The van der Waals surface area contributed by atoms with Crippen molar-refractivity contribution in [2.45, 2.75) is 26.7 Å². The number of aliphatic hydroxyl groups excluding tert-OH is 1. The summed E-state index contributed by atoms with van der Waals surface area (Å²) in [4.78, 5) is 0. The van der Waals surface area contributed by atoms with Crippen molar-refractivity contribution in [2.24, 2.45) is 5.41 Å². The highest BCUT2D eigenvalue weighted by molar-refractivity contribution is 4.66. The van der Waals surface area contributed by atoms with Crippen molar-refractivity contribution in [1.82, 2.24) is 0 Å². The van der Waals surface area contributed by atoms with Gasteiger partial charge >= 0.3 is 0 Å². The van der Waals surface area contributed by atoms with Crippen LogP contribution in [0.1, 0.15) is 26.7 Å². The Balaban J connectivity index is 3.42. The third-order valence-electron chi connectivity index (χ3n) is 1.55. The molecule has 0 saturated heterocycles. The Bertz CT molecular complexity index is 79.3. The van der Waals surface area contributed by atoms with E-state index in [1.165, 1.54) is 0 Å². The fourth-order valence-corrected chi connectivity index (χ4v) is 1.02. The van der Waals surface area contributed by atoms with Crippen molar-refractivity contribution in [3.8, 4) is 0 Å². The average molecular weight is 146 g/mol. The Morgan fingerprint density at radius 1 is 1.40 bits per heavy atom. The van der Waals surface area contributed by atoms with Crippen LogP contribution in [-0.2, 0) is 4.74 Å². The first kappa shape index (κ1) is 9.92. The molecule has 0 aromatic heterocycles. The van der Waals surface area contributed by atoms with Crippen LogP contribution in [-0.4, -0.2) is 25.4 Å². The van der Waals surface area contributed by atoms with Gasteiger partial charge in [0, 0.05) is 13.7 Å². The largest absolute Gasteiger partial charge is 0.396 e. The highest BCUT2D eigenvalue weighted by Gasteiger charge is 2.15. The molecule has 0 aromatic rings. The Hall–Kier alpha value is -0.0800. The molecule has 0 aliphatic heterocycles. The second kappa shape index (κ2) is 4.69. The van der Waals surface area contributed by atoms with Crippen LogP contribution in [0, 0.1) is 5.41 Å². The van der Waals surface area contributed by atoms with E-state index in [1.807, 2.05) is 0 Å². The number of aliphatic hydroxyl groups is 1. The topological polar surface area (TPSA) is 29.5 Å². The van der Waals surface area contributed by atoms with Crippen LogP contribution < -0.4 is 0 Å². The van der Waals surface area contributed by atoms with Gasteiger partial charge in [0.15, 0.2) is 0 Å². The molecule has 0 unspecified atom stereocenters. The minimum absolute atomic E-state index is 0.220. The van der Waals surface area contributed by atoms with Gasteiger partial charge in [-0.2, -0.15) is 0 Å². The fourth-order valence-electron chi connectivity index (χ4n) is 1.02. The predicted molar refractivity (Wildman–Crippen MR) is 42.0 cm³/mol. The minimum atomic E-state index is 0.220. The summed E-state index contributed by atoms with van der Waals surface area (Å²) in [6.07, 6.45) is 1.90. The zero-order valence-electron chi connectivity index (χ0n) is 7.18. The zero-order chi connectivity index (χ0) is 8.04. The van der Waals surface area contributed by atoms with Crippen molar-refractivity contribution >= 4 is 0 Å². The fraction of sp³-hybridized carbons (Fsp3) is 1.00. The molecule has 0 aliphatic rings. The molecular weight excluding hydrogens is 128 g/mol. The minimum Gasteiger partial charge on any atom is -0.396 e. The van der Waals surface area contributed by atoms with E-state index < -0.39 is 0 Å². The summed E-state index contributed by atoms with van der Waals surface area (Å²) in [5, 5.41) is 8.56. The van der Waals surface area contributed by atoms with Gasteiger partial charge in [0.25, 0.3) is 0 Å². The van der Waals surface area contributed by atoms with Gasteiger partial charge in [0.05, 0.1) is 6.61 Å². The van der Waals surface area contributed by atoms with Crippen LogP contribution >= 0.6 is 0 Å². The van der Waals surface area contributed by atoms with Crippen LogP contribution in [0.3, 0.4) is 0 Å². The second-order valence-electron chi connectivity index (χ2n) is 3.42. The number of hydrogen-bond acceptors (Lipinski definition) is 2. The summed E-state index contributed by atoms with van der Waals surface area (Å²) in [6, 6.07) is 0. The van der Waals surface area contributed by atoms with Crippen LogP contribution in [0.15, 0.2) is 0 Å². The first-order valence-corrected chi connectivity index (χ1v) is 3.72. The number of rotatable bonds is 5. The summed E-state index contributed by atoms with van der Waals surface area (Å²) < 4.78 is 5.02. The normalized spacial score (nSPS) is 12.0. The smallest absolute Gasteiger partial charge is 0.0513 e. The molecule has 2 heteroatoms. The van der Waals surface area contributed by atoms with Gasteiger partial charge in [-0.25, -0.2) is 0 Å². The van der Waals surface area contributed by atoms with Crippen molar-refractivity contribution in [2.75, 3.05) is 20.3 Å². The molecule has 0 rings (SSSR count). The molecule has 0 amide bonds. The van der Waals surface area contributed by atoms with Crippen LogP contribution in [0.5, 0.6) is 0 Å². The van der Waals surface area contributed by atoms with E-state index in [2.05, 4.69) is 13.8 Å². The molecule has 62 valence electrons. The molecule has 0 fully saturated rings. The standard InChI is InChI=1S/C8H18O2/c1-8(2,7-10-3)5-4-6-9/h9H,4-7H2,1-3H3. The van der Waals surface area contributed by atoms with E-state index >= 15 is 0 Å². The van der Waals surface area contributed by atoms with Gasteiger partial charge in [0.1, 0.15) is 0 Å². The number of ether oxygens (including phenoxy) is 1. The molecular formula is C8H18O2. The maximum absolute atomic E-state index is 8.56. The lowest BCUT2D eigenvalue weighted by atomic mass is 9.89. The van der Waals surface area contributed by atoms with E-state index in [0.29, 0.717) is 0 Å². The maximum atomic E-state index is 8.56. The van der Waals surface area contributed by atoms with Crippen LogP contribution in [0.25, 0.3) is 0 Å². The van der Waals surface area contributed by atoms with Crippen LogP contribution in [0.4, 0.5) is 0 Å². The Kier molecular flexibility index (Phi) is 4.65. The van der Waals surface area contributed by atoms with Gasteiger partial charge in [-0.1, -0.05) is 13.8 Å². The molecule has 0 heterocycles. The Morgan fingerprint density at radius 3 is 2.40 bits per heavy atom. The molecule has 0 radical (unpaired) electrons. The summed E-state index contributed by atoms with van der Waals surface area (Å²) in [6.45, 7) is 5.35.